The predicted octanol–water partition coefficient (Wildman–Crippen LogP) is -1.06. The van der Waals surface area contributed by atoms with Crippen molar-refractivity contribution in [2.75, 3.05) is 45.8 Å². The van der Waals surface area contributed by atoms with Gasteiger partial charge in [-0.05, 0) is 102 Å². The highest BCUT2D eigenvalue weighted by molar-refractivity contribution is 5.97. The van der Waals surface area contributed by atoms with Gasteiger partial charge in [-0.1, -0.05) is 43.2 Å². The smallest absolute Gasteiger partial charge is 0.407 e. The van der Waals surface area contributed by atoms with E-state index in [4.69, 9.17) is 21.9 Å². The number of benzene rings is 1. The van der Waals surface area contributed by atoms with E-state index in [0.29, 0.717) is 77.7 Å². The minimum Gasteiger partial charge on any atom is -0.445 e. The van der Waals surface area contributed by atoms with Gasteiger partial charge in [0.2, 0.25) is 41.4 Å². The van der Waals surface area contributed by atoms with Crippen LogP contribution in [0.25, 0.3) is 0 Å². The Morgan fingerprint density at radius 3 is 1.48 bits per heavy atom. The average Bonchev–Trinajstić information content (AvgIpc) is 3.25. The summed E-state index contributed by atoms with van der Waals surface area (Å²) in [7, 11) is 0. The Bertz CT molecular complexity index is 1510. The lowest BCUT2D eigenvalue weighted by Gasteiger charge is -2.26. The van der Waals surface area contributed by atoms with Crippen LogP contribution >= 0.6 is 0 Å². The van der Waals surface area contributed by atoms with Gasteiger partial charge in [0, 0.05) is 19.5 Å². The summed E-state index contributed by atoms with van der Waals surface area (Å²) in [5, 5.41) is 21.1. The molecule has 0 spiro atoms. The molecule has 342 valence electrons. The molecular formula is C41H69N11O9. The van der Waals surface area contributed by atoms with Gasteiger partial charge >= 0.3 is 6.09 Å². The summed E-state index contributed by atoms with van der Waals surface area (Å²) in [5.41, 5.74) is 17.8. The Balaban J connectivity index is 2.08. The molecule has 0 aromatic heterocycles. The number of nitrogens with two attached hydrogens (primary N) is 3. The van der Waals surface area contributed by atoms with Crippen LogP contribution < -0.4 is 59.7 Å². The highest BCUT2D eigenvalue weighted by Gasteiger charge is 2.31. The zero-order valence-electron chi connectivity index (χ0n) is 35.4. The van der Waals surface area contributed by atoms with Crippen molar-refractivity contribution in [3.8, 4) is 0 Å². The van der Waals surface area contributed by atoms with Crippen LogP contribution in [0.2, 0.25) is 0 Å². The fraction of sp³-hybridized carbons (Fsp3) is 0.659. The summed E-state index contributed by atoms with van der Waals surface area (Å²) in [5.74, 6) is -4.45. The zero-order chi connectivity index (χ0) is 44.7. The van der Waals surface area contributed by atoms with E-state index in [1.165, 1.54) is 0 Å². The quantitative estimate of drug-likeness (QED) is 0.0555. The second-order valence-electron chi connectivity index (χ2n) is 14.9. The van der Waals surface area contributed by atoms with E-state index in [1.54, 1.807) is 0 Å². The second-order valence-corrected chi connectivity index (χ2v) is 14.9. The molecule has 8 amide bonds. The van der Waals surface area contributed by atoms with Crippen LogP contribution in [0.5, 0.6) is 0 Å². The highest BCUT2D eigenvalue weighted by atomic mass is 16.5. The molecule has 1 heterocycles. The van der Waals surface area contributed by atoms with E-state index in [1.807, 2.05) is 30.3 Å². The summed E-state index contributed by atoms with van der Waals surface area (Å²) in [6.45, 7) is 1.04. The maximum absolute atomic E-state index is 13.8. The van der Waals surface area contributed by atoms with Gasteiger partial charge in [-0.15, -0.1) is 0 Å². The van der Waals surface area contributed by atoms with Gasteiger partial charge in [-0.2, -0.15) is 0 Å². The number of carbonyl (C=O) groups is 8. The van der Waals surface area contributed by atoms with Gasteiger partial charge in [0.25, 0.3) is 0 Å². The third kappa shape index (κ3) is 23.3. The summed E-state index contributed by atoms with van der Waals surface area (Å²) in [6.07, 6.45) is 5.84. The van der Waals surface area contributed by atoms with Gasteiger partial charge in [0.15, 0.2) is 0 Å². The zero-order valence-corrected chi connectivity index (χ0v) is 35.4. The number of nitrogens with one attached hydrogen (secondary N) is 8. The fourth-order valence-corrected chi connectivity index (χ4v) is 6.33. The molecule has 2 rings (SSSR count). The van der Waals surface area contributed by atoms with E-state index in [2.05, 4.69) is 42.5 Å². The monoisotopic (exact) mass is 860 g/mol. The second kappa shape index (κ2) is 31.5. The molecule has 1 aliphatic heterocycles. The van der Waals surface area contributed by atoms with Crippen LogP contribution in [0.3, 0.4) is 0 Å². The molecule has 0 saturated carbocycles. The van der Waals surface area contributed by atoms with Crippen molar-refractivity contribution < 1.29 is 43.1 Å². The van der Waals surface area contributed by atoms with Crippen molar-refractivity contribution in [2.45, 2.75) is 127 Å². The molecule has 20 heteroatoms. The first-order valence-corrected chi connectivity index (χ1v) is 21.5. The van der Waals surface area contributed by atoms with Gasteiger partial charge in [-0.3, -0.25) is 33.6 Å². The Labute approximate surface area is 358 Å². The number of hydrogen-bond acceptors (Lipinski definition) is 12. The number of unbranched alkanes of at least 4 members (excludes halogenated alkanes) is 6. The van der Waals surface area contributed by atoms with Gasteiger partial charge < -0.3 is 64.5 Å². The molecule has 1 aromatic carbocycles. The van der Waals surface area contributed by atoms with Crippen molar-refractivity contribution in [1.29, 1.82) is 0 Å². The van der Waals surface area contributed by atoms with Crippen LogP contribution in [-0.2, 0) is 44.9 Å². The van der Waals surface area contributed by atoms with Crippen LogP contribution in [-0.4, -0.2) is 117 Å². The lowest BCUT2D eigenvalue weighted by atomic mass is 10.0. The topological polar surface area (TPSA) is 320 Å². The van der Waals surface area contributed by atoms with E-state index in [-0.39, 0.29) is 44.6 Å². The molecule has 0 radical (unpaired) electrons. The van der Waals surface area contributed by atoms with Crippen LogP contribution in [0.4, 0.5) is 4.79 Å². The van der Waals surface area contributed by atoms with Crippen LogP contribution in [0, 0.1) is 0 Å². The van der Waals surface area contributed by atoms with E-state index >= 15 is 0 Å². The molecule has 14 N–H and O–H groups in total. The molecule has 1 fully saturated rings. The number of ether oxygens (including phenoxy) is 1. The Hall–Kier alpha value is -5.34. The number of rotatable bonds is 24. The van der Waals surface area contributed by atoms with Crippen molar-refractivity contribution in [3.05, 3.63) is 35.9 Å². The Morgan fingerprint density at radius 2 is 0.984 bits per heavy atom. The third-order valence-electron chi connectivity index (χ3n) is 9.82. The van der Waals surface area contributed by atoms with E-state index < -0.39 is 78.8 Å². The molecule has 1 aliphatic rings. The molecule has 0 aliphatic carbocycles. The van der Waals surface area contributed by atoms with Gasteiger partial charge in [0.05, 0.1) is 13.1 Å². The summed E-state index contributed by atoms with van der Waals surface area (Å²) in [6, 6.07) is 4.79. The maximum Gasteiger partial charge on any atom is 0.407 e. The third-order valence-corrected chi connectivity index (χ3v) is 9.82. The lowest BCUT2D eigenvalue weighted by molar-refractivity contribution is -0.135. The predicted molar refractivity (Wildman–Crippen MR) is 228 cm³/mol. The first-order valence-electron chi connectivity index (χ1n) is 21.5. The minimum absolute atomic E-state index is 0.139. The highest BCUT2D eigenvalue weighted by Crippen LogP contribution is 2.09. The van der Waals surface area contributed by atoms with Crippen molar-refractivity contribution in [3.63, 3.8) is 0 Å². The minimum atomic E-state index is -1.29. The average molecular weight is 860 g/mol. The summed E-state index contributed by atoms with van der Waals surface area (Å²) in [4.78, 5) is 105. The van der Waals surface area contributed by atoms with Crippen molar-refractivity contribution >= 4 is 47.4 Å². The van der Waals surface area contributed by atoms with Crippen molar-refractivity contribution in [2.24, 2.45) is 17.2 Å². The standard InChI is InChI=1S/C41H69N11O9/c42-21-9-6-16-30-37(56)47-27-36(55)50-32(18-8-11-23-44)39(58)52-33(40(59)51-31(17-7-10-22-43)38(57)48-26-35(54)49-30)19-20-34(53)45-24-12-1-2-13-25-46-41(60)61-28-29-14-4-3-5-15-29/h3-5,14-15,30-33H,1-2,6-13,16-28,42-44H2,(H,45,53)(H,46,60)(H,47,56)(H,48,57)(H,49,54)(H,50,55)(H,51,59)(H,52,58)/t30-,31-,32-,33-/m0/s1. The molecule has 0 bridgehead atoms. The molecule has 1 saturated heterocycles. The largest absolute Gasteiger partial charge is 0.445 e. The molecule has 61 heavy (non-hydrogen) atoms. The van der Waals surface area contributed by atoms with E-state index in [9.17, 15) is 38.4 Å². The van der Waals surface area contributed by atoms with Gasteiger partial charge in [-0.25, -0.2) is 4.79 Å². The number of alkyl carbamates (subject to hydrolysis) is 1. The van der Waals surface area contributed by atoms with Crippen LogP contribution in [0.15, 0.2) is 30.3 Å². The maximum atomic E-state index is 13.8. The number of carbonyl (C=O) groups excluding carboxylic acids is 8. The molecular weight excluding hydrogens is 791 g/mol. The Morgan fingerprint density at radius 1 is 0.541 bits per heavy atom. The molecule has 0 unspecified atom stereocenters. The normalized spacial score (nSPS) is 19.5. The SMILES string of the molecule is NCCCC[C@@H]1NC(=O)CNC(=O)[C@H](CCCCN)NC(=O)[C@H](CCC(=O)NCCCCCCNC(=O)OCc2ccccc2)NC(=O)[C@H](CCCCN)NC(=O)CNC1=O. The van der Waals surface area contributed by atoms with Gasteiger partial charge in [0.1, 0.15) is 30.8 Å². The summed E-state index contributed by atoms with van der Waals surface area (Å²) >= 11 is 0. The fourth-order valence-electron chi connectivity index (χ4n) is 6.33. The molecule has 4 atom stereocenters. The molecule has 20 nitrogen and oxygen atoms in total. The summed E-state index contributed by atoms with van der Waals surface area (Å²) < 4.78 is 5.20. The Kier molecular flexibility index (Phi) is 26.8. The first kappa shape index (κ1) is 51.8. The number of hydrogen-bond donors (Lipinski definition) is 11. The first-order chi connectivity index (χ1) is 29.5. The lowest BCUT2D eigenvalue weighted by Crippen LogP contribution is -2.58. The molecule has 1 aromatic rings. The van der Waals surface area contributed by atoms with Crippen molar-refractivity contribution in [1.82, 2.24) is 42.5 Å². The van der Waals surface area contributed by atoms with Crippen LogP contribution in [0.1, 0.15) is 102 Å². The number of amides is 8. The van der Waals surface area contributed by atoms with E-state index in [0.717, 1.165) is 24.8 Å².